The van der Waals surface area contributed by atoms with E-state index in [0.29, 0.717) is 0 Å². The molecule has 0 N–H and O–H groups in total. The number of alkyl halides is 1. The van der Waals surface area contributed by atoms with Gasteiger partial charge in [0.25, 0.3) is 11.6 Å². The summed E-state index contributed by atoms with van der Waals surface area (Å²) in [6.45, 7) is 0. The lowest BCUT2D eigenvalue weighted by atomic mass is 10.2. The minimum atomic E-state index is -0.802. The Hall–Kier alpha value is -2.02. The molecule has 0 atom stereocenters. The Labute approximate surface area is 99.2 Å². The van der Waals surface area contributed by atoms with Crippen molar-refractivity contribution in [1.82, 2.24) is 10.1 Å². The van der Waals surface area contributed by atoms with Crippen molar-refractivity contribution in [2.24, 2.45) is 0 Å². The van der Waals surface area contributed by atoms with E-state index < -0.39 is 10.7 Å². The fraction of sp³-hybridized carbons (Fsp3) is 0.111. The van der Waals surface area contributed by atoms with Crippen molar-refractivity contribution < 1.29 is 13.8 Å². The van der Waals surface area contributed by atoms with Crippen LogP contribution in [0.5, 0.6) is 0 Å². The molecular weight excluding hydrogens is 253 g/mol. The van der Waals surface area contributed by atoms with Gasteiger partial charge in [0, 0.05) is 6.07 Å². The molecule has 0 bridgehead atoms. The summed E-state index contributed by atoms with van der Waals surface area (Å²) in [5, 5.41) is 13.9. The van der Waals surface area contributed by atoms with Crippen molar-refractivity contribution >= 4 is 17.3 Å². The Kier molecular flexibility index (Phi) is 3.01. The van der Waals surface area contributed by atoms with E-state index in [1.165, 1.54) is 6.07 Å². The van der Waals surface area contributed by atoms with Crippen molar-refractivity contribution in [2.75, 3.05) is 0 Å². The number of aromatic nitrogens is 2. The lowest BCUT2D eigenvalue weighted by Crippen LogP contribution is -1.91. The summed E-state index contributed by atoms with van der Waals surface area (Å²) < 4.78 is 18.3. The summed E-state index contributed by atoms with van der Waals surface area (Å²) in [5.41, 5.74) is -0.345. The Bertz CT molecular complexity index is 572. The molecule has 88 valence electrons. The van der Waals surface area contributed by atoms with Gasteiger partial charge in [-0.1, -0.05) is 5.16 Å². The van der Waals surface area contributed by atoms with E-state index in [1.807, 2.05) is 0 Å². The topological polar surface area (TPSA) is 82.1 Å². The molecule has 1 heterocycles. The van der Waals surface area contributed by atoms with Gasteiger partial charge >= 0.3 is 0 Å². The highest BCUT2D eigenvalue weighted by molar-refractivity contribution is 6.16. The molecule has 0 fully saturated rings. The normalized spacial score (nSPS) is 10.5. The van der Waals surface area contributed by atoms with Gasteiger partial charge in [0.05, 0.1) is 22.4 Å². The number of nitro groups is 1. The highest BCUT2D eigenvalue weighted by Crippen LogP contribution is 2.24. The summed E-state index contributed by atoms with van der Waals surface area (Å²) in [4.78, 5) is 13.5. The highest BCUT2D eigenvalue weighted by Gasteiger charge is 2.16. The molecule has 0 unspecified atom stereocenters. The highest BCUT2D eigenvalue weighted by atomic mass is 35.5. The molecule has 0 amide bonds. The summed E-state index contributed by atoms with van der Waals surface area (Å²) in [6.07, 6.45) is 0. The van der Waals surface area contributed by atoms with E-state index in [4.69, 9.17) is 16.1 Å². The third-order valence-electron chi connectivity index (χ3n) is 1.98. The maximum atomic E-state index is 13.5. The molecule has 17 heavy (non-hydrogen) atoms. The number of nitrogens with zero attached hydrogens (tertiary/aromatic N) is 3. The molecule has 2 aromatic rings. The van der Waals surface area contributed by atoms with Crippen LogP contribution in [0.4, 0.5) is 10.1 Å². The Morgan fingerprint density at radius 1 is 1.53 bits per heavy atom. The van der Waals surface area contributed by atoms with Gasteiger partial charge in [-0.05, 0) is 6.07 Å². The number of hydrogen-bond acceptors (Lipinski definition) is 5. The van der Waals surface area contributed by atoms with Gasteiger partial charge in [-0.2, -0.15) is 4.98 Å². The van der Waals surface area contributed by atoms with Gasteiger partial charge in [0.15, 0.2) is 5.82 Å². The van der Waals surface area contributed by atoms with Gasteiger partial charge in [0.1, 0.15) is 5.82 Å². The van der Waals surface area contributed by atoms with Crippen LogP contribution in [0.1, 0.15) is 5.82 Å². The zero-order valence-electron chi connectivity index (χ0n) is 8.26. The lowest BCUT2D eigenvalue weighted by Gasteiger charge is -1.96. The Balaban J connectivity index is 2.42. The first-order chi connectivity index (χ1) is 8.11. The van der Waals surface area contributed by atoms with Crippen LogP contribution in [0.3, 0.4) is 0 Å². The molecule has 0 radical (unpaired) electrons. The summed E-state index contributed by atoms with van der Waals surface area (Å²) in [6, 6.07) is 3.15. The van der Waals surface area contributed by atoms with E-state index in [0.717, 1.165) is 12.1 Å². The van der Waals surface area contributed by atoms with Crippen molar-refractivity contribution in [2.45, 2.75) is 5.88 Å². The molecule has 1 aromatic carbocycles. The molecule has 2 rings (SSSR count). The summed E-state index contributed by atoms with van der Waals surface area (Å²) >= 11 is 5.47. The van der Waals surface area contributed by atoms with Gasteiger partial charge in [-0.15, -0.1) is 11.6 Å². The second-order valence-electron chi connectivity index (χ2n) is 3.07. The third kappa shape index (κ3) is 2.23. The predicted octanol–water partition coefficient (Wildman–Crippen LogP) is 2.52. The second-order valence-corrected chi connectivity index (χ2v) is 3.34. The van der Waals surface area contributed by atoms with Crippen LogP contribution < -0.4 is 0 Å². The van der Waals surface area contributed by atoms with Crippen molar-refractivity contribution in [3.8, 4) is 11.5 Å². The molecule has 0 aliphatic rings. The van der Waals surface area contributed by atoms with Crippen LogP contribution in [0.25, 0.3) is 11.5 Å². The first-order valence-corrected chi connectivity index (χ1v) is 4.98. The molecule has 0 saturated carbocycles. The number of nitro benzene ring substituents is 1. The van der Waals surface area contributed by atoms with Crippen LogP contribution in [0.15, 0.2) is 22.7 Å². The van der Waals surface area contributed by atoms with Gasteiger partial charge in [-0.25, -0.2) is 4.39 Å². The van der Waals surface area contributed by atoms with E-state index in [-0.39, 0.29) is 28.8 Å². The van der Waals surface area contributed by atoms with Crippen LogP contribution in [-0.2, 0) is 5.88 Å². The average Bonchev–Trinajstić information content (AvgIpc) is 2.77. The molecule has 0 aliphatic carbocycles. The first kappa shape index (κ1) is 11.5. The number of non-ortho nitro benzene ring substituents is 1. The lowest BCUT2D eigenvalue weighted by molar-refractivity contribution is -0.385. The summed E-state index contributed by atoms with van der Waals surface area (Å²) in [7, 11) is 0. The molecular formula is C9H5ClFN3O3. The monoisotopic (exact) mass is 257 g/mol. The SMILES string of the molecule is O=[N+]([O-])c1ccc(-c2nc(CCl)no2)c(F)c1. The predicted molar refractivity (Wildman–Crippen MR) is 55.9 cm³/mol. The van der Waals surface area contributed by atoms with Crippen LogP contribution in [0.2, 0.25) is 0 Å². The molecule has 6 nitrogen and oxygen atoms in total. The minimum absolute atomic E-state index is 0.000494. The average molecular weight is 258 g/mol. The van der Waals surface area contributed by atoms with Crippen molar-refractivity contribution in [3.05, 3.63) is 40.0 Å². The van der Waals surface area contributed by atoms with Crippen molar-refractivity contribution in [1.29, 1.82) is 0 Å². The van der Waals surface area contributed by atoms with Crippen LogP contribution in [0, 0.1) is 15.9 Å². The quantitative estimate of drug-likeness (QED) is 0.479. The largest absolute Gasteiger partial charge is 0.334 e. The van der Waals surface area contributed by atoms with Crippen LogP contribution >= 0.6 is 11.6 Å². The molecule has 8 heteroatoms. The third-order valence-corrected chi connectivity index (χ3v) is 2.22. The molecule has 1 aromatic heterocycles. The van der Waals surface area contributed by atoms with Gasteiger partial charge in [-0.3, -0.25) is 10.1 Å². The standard InChI is InChI=1S/C9H5ClFN3O3/c10-4-8-12-9(17-13-8)6-2-1-5(14(15)16)3-7(6)11/h1-3H,4H2. The second kappa shape index (κ2) is 4.46. The van der Waals surface area contributed by atoms with Gasteiger partial charge < -0.3 is 4.52 Å². The zero-order valence-corrected chi connectivity index (χ0v) is 9.02. The van der Waals surface area contributed by atoms with E-state index in [9.17, 15) is 14.5 Å². The Morgan fingerprint density at radius 2 is 2.29 bits per heavy atom. The first-order valence-electron chi connectivity index (χ1n) is 4.44. The fourth-order valence-corrected chi connectivity index (χ4v) is 1.32. The molecule has 0 spiro atoms. The smallest absolute Gasteiger partial charge is 0.272 e. The maximum absolute atomic E-state index is 13.5. The molecule has 0 aliphatic heterocycles. The molecule has 0 saturated heterocycles. The van der Waals surface area contributed by atoms with E-state index >= 15 is 0 Å². The number of benzene rings is 1. The number of hydrogen-bond donors (Lipinski definition) is 0. The number of rotatable bonds is 3. The minimum Gasteiger partial charge on any atom is -0.334 e. The maximum Gasteiger partial charge on any atom is 0.272 e. The van der Waals surface area contributed by atoms with E-state index in [1.54, 1.807) is 0 Å². The summed E-state index contributed by atoms with van der Waals surface area (Å²) in [5.74, 6) is -0.602. The number of halogens is 2. The van der Waals surface area contributed by atoms with Gasteiger partial charge in [0.2, 0.25) is 0 Å². The Morgan fingerprint density at radius 3 is 2.82 bits per heavy atom. The van der Waals surface area contributed by atoms with Crippen molar-refractivity contribution in [3.63, 3.8) is 0 Å². The van der Waals surface area contributed by atoms with E-state index in [2.05, 4.69) is 10.1 Å². The van der Waals surface area contributed by atoms with Crippen LogP contribution in [-0.4, -0.2) is 15.1 Å². The zero-order chi connectivity index (χ0) is 12.4. The fourth-order valence-electron chi connectivity index (χ4n) is 1.21.